The highest BCUT2D eigenvalue weighted by molar-refractivity contribution is 7.28. The number of H-pyrrole nitrogens is 1. The number of aromatic amines is 1. The molecule has 0 radical (unpaired) electrons. The van der Waals surface area contributed by atoms with Crippen molar-refractivity contribution in [2.24, 2.45) is 0 Å². The number of aromatic nitrogens is 3. The molecule has 1 atom stereocenters. The van der Waals surface area contributed by atoms with Gasteiger partial charge in [0.1, 0.15) is 0 Å². The van der Waals surface area contributed by atoms with Crippen LogP contribution in [0.3, 0.4) is 0 Å². The number of anilines is 1. The minimum atomic E-state index is 0.484. The van der Waals surface area contributed by atoms with Crippen molar-refractivity contribution in [3.05, 3.63) is 17.5 Å². The van der Waals surface area contributed by atoms with Gasteiger partial charge in [0, 0.05) is 35.1 Å². The van der Waals surface area contributed by atoms with Crippen LogP contribution in [0.5, 0.6) is 0 Å². The molecule has 7 heteroatoms. The highest BCUT2D eigenvalue weighted by atomic mass is 32.1. The lowest BCUT2D eigenvalue weighted by Gasteiger charge is -2.30. The molecule has 1 aliphatic rings. The molecule has 104 valence electrons. The molecule has 4 heterocycles. The zero-order valence-corrected chi connectivity index (χ0v) is 12.7. The number of fused-ring (bicyclic) bond motifs is 1. The molecular formula is C13H15N5S2. The molecule has 5 nitrogen and oxygen atoms in total. The number of rotatable bonds is 2. The van der Waals surface area contributed by atoms with E-state index in [1.807, 2.05) is 0 Å². The zero-order valence-electron chi connectivity index (χ0n) is 11.1. The Morgan fingerprint density at radius 2 is 2.35 bits per heavy atom. The van der Waals surface area contributed by atoms with E-state index in [0.717, 1.165) is 36.3 Å². The molecule has 0 spiro atoms. The van der Waals surface area contributed by atoms with E-state index in [0.29, 0.717) is 6.04 Å². The first-order chi connectivity index (χ1) is 9.79. The van der Waals surface area contributed by atoms with E-state index in [4.69, 9.17) is 0 Å². The summed E-state index contributed by atoms with van der Waals surface area (Å²) < 4.78 is 2.64. The van der Waals surface area contributed by atoms with Crippen molar-refractivity contribution >= 4 is 38.0 Å². The Morgan fingerprint density at radius 1 is 1.40 bits per heavy atom. The molecule has 0 saturated carbocycles. The van der Waals surface area contributed by atoms with Gasteiger partial charge in [0.25, 0.3) is 0 Å². The van der Waals surface area contributed by atoms with Crippen LogP contribution in [0.1, 0.15) is 6.92 Å². The second-order valence-corrected chi connectivity index (χ2v) is 7.08. The third-order valence-corrected chi connectivity index (χ3v) is 5.60. The summed E-state index contributed by atoms with van der Waals surface area (Å²) in [7, 11) is 0. The van der Waals surface area contributed by atoms with E-state index in [9.17, 15) is 0 Å². The van der Waals surface area contributed by atoms with Gasteiger partial charge >= 0.3 is 0 Å². The summed E-state index contributed by atoms with van der Waals surface area (Å²) in [6.07, 6.45) is 0. The van der Waals surface area contributed by atoms with Gasteiger partial charge in [-0.25, -0.2) is 0 Å². The normalized spacial score (nSPS) is 19.9. The van der Waals surface area contributed by atoms with Gasteiger partial charge in [-0.2, -0.15) is 4.98 Å². The summed E-state index contributed by atoms with van der Waals surface area (Å²) in [6, 6.07) is 4.83. The molecule has 3 aromatic rings. The Kier molecular flexibility index (Phi) is 2.98. The van der Waals surface area contributed by atoms with Crippen molar-refractivity contribution in [2.45, 2.75) is 13.0 Å². The van der Waals surface area contributed by atoms with Crippen molar-refractivity contribution in [1.82, 2.24) is 20.5 Å². The monoisotopic (exact) mass is 305 g/mol. The molecule has 1 saturated heterocycles. The molecule has 0 amide bonds. The highest BCUT2D eigenvalue weighted by Crippen LogP contribution is 2.35. The molecular weight excluding hydrogens is 290 g/mol. The van der Waals surface area contributed by atoms with Crippen LogP contribution >= 0.6 is 22.7 Å². The van der Waals surface area contributed by atoms with Crippen LogP contribution in [-0.2, 0) is 0 Å². The van der Waals surface area contributed by atoms with Crippen molar-refractivity contribution in [2.75, 3.05) is 24.5 Å². The topological polar surface area (TPSA) is 56.8 Å². The Balaban J connectivity index is 1.62. The van der Waals surface area contributed by atoms with Gasteiger partial charge in [0.15, 0.2) is 5.82 Å². The van der Waals surface area contributed by atoms with Crippen LogP contribution in [-0.4, -0.2) is 40.9 Å². The summed E-state index contributed by atoms with van der Waals surface area (Å²) in [5.74, 6) is 1.68. The standard InChI is InChI=1S/C13H15N5S2/c1-8-7-18(4-3-14-8)13-15-12(16-17-13)11-6-10-9(20-11)2-5-19-10/h2,5-6,8,14H,3-4,7H2,1H3,(H,15,16,17). The number of nitrogens with zero attached hydrogens (tertiary/aromatic N) is 3. The second kappa shape index (κ2) is 4.83. The summed E-state index contributed by atoms with van der Waals surface area (Å²) in [4.78, 5) is 8.05. The highest BCUT2D eigenvalue weighted by Gasteiger charge is 2.20. The van der Waals surface area contributed by atoms with Gasteiger partial charge in [0.05, 0.1) is 4.88 Å². The third kappa shape index (κ3) is 2.11. The lowest BCUT2D eigenvalue weighted by Crippen LogP contribution is -2.49. The molecule has 0 aromatic carbocycles. The Morgan fingerprint density at radius 3 is 3.20 bits per heavy atom. The van der Waals surface area contributed by atoms with E-state index in [1.54, 1.807) is 22.7 Å². The van der Waals surface area contributed by atoms with Crippen molar-refractivity contribution in [3.63, 3.8) is 0 Å². The fourth-order valence-corrected chi connectivity index (χ4v) is 4.55. The summed E-state index contributed by atoms with van der Waals surface area (Å²) in [5, 5.41) is 13.0. The van der Waals surface area contributed by atoms with E-state index >= 15 is 0 Å². The minimum Gasteiger partial charge on any atom is -0.337 e. The predicted octanol–water partition coefficient (Wildman–Crippen LogP) is 2.55. The number of nitrogens with one attached hydrogen (secondary N) is 2. The van der Waals surface area contributed by atoms with Crippen LogP contribution in [0.25, 0.3) is 20.1 Å². The predicted molar refractivity (Wildman–Crippen MR) is 84.8 cm³/mol. The molecule has 20 heavy (non-hydrogen) atoms. The minimum absolute atomic E-state index is 0.484. The first kappa shape index (κ1) is 12.3. The van der Waals surface area contributed by atoms with Crippen LogP contribution in [0.4, 0.5) is 5.95 Å². The van der Waals surface area contributed by atoms with E-state index < -0.39 is 0 Å². The van der Waals surface area contributed by atoms with Crippen LogP contribution in [0.15, 0.2) is 17.5 Å². The third-order valence-electron chi connectivity index (χ3n) is 3.50. The Hall–Kier alpha value is -1.44. The van der Waals surface area contributed by atoms with Crippen LogP contribution < -0.4 is 10.2 Å². The van der Waals surface area contributed by atoms with Crippen molar-refractivity contribution in [1.29, 1.82) is 0 Å². The first-order valence-electron chi connectivity index (χ1n) is 6.68. The number of hydrogen-bond acceptors (Lipinski definition) is 6. The lowest BCUT2D eigenvalue weighted by atomic mass is 10.2. The second-order valence-electron chi connectivity index (χ2n) is 5.04. The summed E-state index contributed by atoms with van der Waals surface area (Å²) in [6.45, 7) is 5.09. The van der Waals surface area contributed by atoms with Gasteiger partial charge in [-0.3, -0.25) is 5.10 Å². The molecule has 1 unspecified atom stereocenters. The zero-order chi connectivity index (χ0) is 13.5. The van der Waals surface area contributed by atoms with Crippen molar-refractivity contribution in [3.8, 4) is 10.7 Å². The molecule has 2 N–H and O–H groups in total. The van der Waals surface area contributed by atoms with Gasteiger partial charge in [-0.05, 0) is 24.4 Å². The van der Waals surface area contributed by atoms with Crippen molar-refractivity contribution < 1.29 is 0 Å². The molecule has 0 aliphatic carbocycles. The van der Waals surface area contributed by atoms with Gasteiger partial charge in [-0.1, -0.05) is 0 Å². The van der Waals surface area contributed by atoms with E-state index in [-0.39, 0.29) is 0 Å². The summed E-state index contributed by atoms with van der Waals surface area (Å²) in [5.41, 5.74) is 0. The molecule has 4 rings (SSSR count). The van der Waals surface area contributed by atoms with E-state index in [1.165, 1.54) is 9.40 Å². The largest absolute Gasteiger partial charge is 0.337 e. The first-order valence-corrected chi connectivity index (χ1v) is 8.37. The maximum atomic E-state index is 4.66. The number of hydrogen-bond donors (Lipinski definition) is 2. The molecule has 3 aromatic heterocycles. The average molecular weight is 305 g/mol. The van der Waals surface area contributed by atoms with Gasteiger partial charge < -0.3 is 10.2 Å². The summed E-state index contributed by atoms with van der Waals surface area (Å²) >= 11 is 3.53. The SMILES string of the molecule is CC1CN(c2n[nH]c(-c3cc4sccc4s3)n2)CCN1. The maximum absolute atomic E-state index is 4.66. The fourth-order valence-electron chi connectivity index (χ4n) is 2.50. The number of piperazine rings is 1. The van der Waals surface area contributed by atoms with Crippen LogP contribution in [0.2, 0.25) is 0 Å². The van der Waals surface area contributed by atoms with Gasteiger partial charge in [-0.15, -0.1) is 27.8 Å². The number of thiophene rings is 2. The molecule has 1 fully saturated rings. The molecule has 1 aliphatic heterocycles. The lowest BCUT2D eigenvalue weighted by molar-refractivity contribution is 0.480. The Bertz CT molecular complexity index is 699. The average Bonchev–Trinajstić information content (AvgIpc) is 3.13. The van der Waals surface area contributed by atoms with Gasteiger partial charge in [0.2, 0.25) is 5.95 Å². The smallest absolute Gasteiger partial charge is 0.245 e. The quantitative estimate of drug-likeness (QED) is 0.764. The maximum Gasteiger partial charge on any atom is 0.245 e. The van der Waals surface area contributed by atoms with E-state index in [2.05, 4.69) is 49.8 Å². The Labute approximate surface area is 124 Å². The fraction of sp³-hybridized carbons (Fsp3) is 0.385. The van der Waals surface area contributed by atoms with Crippen LogP contribution in [0, 0.1) is 0 Å². The molecule has 0 bridgehead atoms.